The molecule has 0 radical (unpaired) electrons. The maximum atomic E-state index is 12.9. The van der Waals surface area contributed by atoms with Gasteiger partial charge in [-0.2, -0.15) is 0 Å². The van der Waals surface area contributed by atoms with E-state index in [9.17, 15) is 14.7 Å². The van der Waals surface area contributed by atoms with Crippen molar-refractivity contribution in [2.24, 2.45) is 28.1 Å². The molecule has 0 aromatic carbocycles. The molecule has 2 heterocycles. The molecule has 3 fully saturated rings. The lowest BCUT2D eigenvalue weighted by Gasteiger charge is -2.68. The zero-order chi connectivity index (χ0) is 24.2. The first kappa shape index (κ1) is 23.9. The Labute approximate surface area is 204 Å². The van der Waals surface area contributed by atoms with Crippen LogP contribution < -0.4 is 0 Å². The smallest absolute Gasteiger partial charge is 0.331 e. The van der Waals surface area contributed by atoms with E-state index >= 15 is 0 Å². The minimum absolute atomic E-state index is 0.0247. The van der Waals surface area contributed by atoms with E-state index < -0.39 is 16.4 Å². The SMILES string of the molecule is CC1(C2CCCC2)CCCC2(C)C1C1CC(C)(C#CCCC(=O)O1)C2(O)CCC1=CC(=O)OC1. The van der Waals surface area contributed by atoms with Crippen LogP contribution in [0.5, 0.6) is 0 Å². The first-order chi connectivity index (χ1) is 16.1. The van der Waals surface area contributed by atoms with Crippen LogP contribution in [0, 0.1) is 39.9 Å². The molecule has 5 nitrogen and oxygen atoms in total. The quantitative estimate of drug-likeness (QED) is 0.459. The van der Waals surface area contributed by atoms with Crippen LogP contribution in [0.15, 0.2) is 11.6 Å². The molecule has 3 aliphatic carbocycles. The number of rotatable bonds is 4. The van der Waals surface area contributed by atoms with Crippen molar-refractivity contribution in [1.29, 1.82) is 0 Å². The van der Waals surface area contributed by atoms with Crippen molar-refractivity contribution in [3.8, 4) is 11.8 Å². The van der Waals surface area contributed by atoms with Crippen molar-refractivity contribution >= 4 is 11.9 Å². The first-order valence-corrected chi connectivity index (χ1v) is 13.4. The molecule has 0 spiro atoms. The summed E-state index contributed by atoms with van der Waals surface area (Å²) in [5, 5.41) is 12.9. The van der Waals surface area contributed by atoms with Crippen molar-refractivity contribution in [3.63, 3.8) is 0 Å². The predicted molar refractivity (Wildman–Crippen MR) is 128 cm³/mol. The summed E-state index contributed by atoms with van der Waals surface area (Å²) in [6, 6.07) is 0. The lowest BCUT2D eigenvalue weighted by molar-refractivity contribution is -0.275. The molecule has 2 bridgehead atoms. The van der Waals surface area contributed by atoms with Gasteiger partial charge in [-0.05, 0) is 62.4 Å². The standard InChI is InChI=1S/C29H40O5/c1-26-13-7-6-11-23(30)34-22(18-26)25-27(2,21-9-4-5-10-21)14-8-15-28(25,3)29(26,32)16-12-20-17-24(31)33-19-20/h17,21-22,25,32H,4-6,8-12,14-16,18-19H2,1-3H3. The van der Waals surface area contributed by atoms with Gasteiger partial charge in [0.25, 0.3) is 0 Å². The molecule has 2 aliphatic heterocycles. The average molecular weight is 469 g/mol. The van der Waals surface area contributed by atoms with E-state index in [-0.39, 0.29) is 29.4 Å². The Morgan fingerprint density at radius 1 is 1.12 bits per heavy atom. The topological polar surface area (TPSA) is 72.8 Å². The number of esters is 2. The van der Waals surface area contributed by atoms with Gasteiger partial charge in [0.15, 0.2) is 0 Å². The zero-order valence-electron chi connectivity index (χ0n) is 21.1. The fourth-order valence-electron chi connectivity index (χ4n) is 8.91. The Bertz CT molecular complexity index is 951. The van der Waals surface area contributed by atoms with E-state index in [1.807, 2.05) is 0 Å². The summed E-state index contributed by atoms with van der Waals surface area (Å²) in [6.45, 7) is 7.08. The van der Waals surface area contributed by atoms with Gasteiger partial charge in [0.05, 0.1) is 17.4 Å². The molecule has 3 saturated carbocycles. The maximum absolute atomic E-state index is 12.9. The molecular weight excluding hydrogens is 428 g/mol. The minimum Gasteiger partial charge on any atom is -0.462 e. The van der Waals surface area contributed by atoms with Gasteiger partial charge in [-0.3, -0.25) is 4.79 Å². The Kier molecular flexibility index (Phi) is 5.91. The number of fused-ring (bicyclic) bond motifs is 4. The van der Waals surface area contributed by atoms with E-state index in [4.69, 9.17) is 9.47 Å². The third kappa shape index (κ3) is 3.55. The number of ether oxygens (including phenoxy) is 2. The van der Waals surface area contributed by atoms with Crippen LogP contribution in [0.25, 0.3) is 0 Å². The highest BCUT2D eigenvalue weighted by atomic mass is 16.5. The van der Waals surface area contributed by atoms with Crippen LogP contribution >= 0.6 is 0 Å². The van der Waals surface area contributed by atoms with Crippen LogP contribution in [-0.4, -0.2) is 35.4 Å². The second-order valence-electron chi connectivity index (χ2n) is 12.4. The third-order valence-corrected chi connectivity index (χ3v) is 10.6. The highest BCUT2D eigenvalue weighted by molar-refractivity contribution is 5.85. The van der Waals surface area contributed by atoms with Crippen LogP contribution in [0.2, 0.25) is 0 Å². The van der Waals surface area contributed by atoms with E-state index in [1.54, 1.807) is 6.08 Å². The van der Waals surface area contributed by atoms with Gasteiger partial charge < -0.3 is 14.6 Å². The Morgan fingerprint density at radius 2 is 1.88 bits per heavy atom. The molecule has 1 N–H and O–H groups in total. The number of cyclic esters (lactones) is 1. The molecule has 0 saturated heterocycles. The molecule has 5 rings (SSSR count). The molecule has 5 heteroatoms. The molecule has 0 aromatic heterocycles. The zero-order valence-corrected chi connectivity index (χ0v) is 21.1. The lowest BCUT2D eigenvalue weighted by atomic mass is 9.38. The Morgan fingerprint density at radius 3 is 2.59 bits per heavy atom. The number of aliphatic hydroxyl groups is 1. The van der Waals surface area contributed by atoms with Crippen molar-refractivity contribution in [3.05, 3.63) is 11.6 Å². The summed E-state index contributed by atoms with van der Waals surface area (Å²) in [4.78, 5) is 24.5. The summed E-state index contributed by atoms with van der Waals surface area (Å²) in [6.07, 6.45) is 11.9. The van der Waals surface area contributed by atoms with E-state index in [2.05, 4.69) is 32.6 Å². The summed E-state index contributed by atoms with van der Waals surface area (Å²) >= 11 is 0. The monoisotopic (exact) mass is 468 g/mol. The number of hydrogen-bond donors (Lipinski definition) is 1. The van der Waals surface area contributed by atoms with E-state index in [1.165, 1.54) is 25.7 Å². The summed E-state index contributed by atoms with van der Waals surface area (Å²) < 4.78 is 11.4. The predicted octanol–water partition coefficient (Wildman–Crippen LogP) is 5.10. The van der Waals surface area contributed by atoms with Gasteiger partial charge in [-0.25, -0.2) is 4.79 Å². The van der Waals surface area contributed by atoms with Crippen LogP contribution in [-0.2, 0) is 19.1 Å². The van der Waals surface area contributed by atoms with Gasteiger partial charge >= 0.3 is 11.9 Å². The fourth-order valence-corrected chi connectivity index (χ4v) is 8.91. The summed E-state index contributed by atoms with van der Waals surface area (Å²) in [5.41, 5.74) is -1.22. The number of carbonyl (C=O) groups excluding carboxylic acids is 2. The minimum atomic E-state index is -1.06. The lowest BCUT2D eigenvalue weighted by Crippen LogP contribution is -2.71. The van der Waals surface area contributed by atoms with Crippen molar-refractivity contribution in [2.45, 2.75) is 110 Å². The molecule has 0 amide bonds. The number of hydrogen-bond acceptors (Lipinski definition) is 5. The molecule has 6 atom stereocenters. The molecule has 6 unspecified atom stereocenters. The molecule has 186 valence electrons. The summed E-state index contributed by atoms with van der Waals surface area (Å²) in [5.74, 6) is 6.95. The second kappa shape index (κ2) is 8.40. The van der Waals surface area contributed by atoms with Gasteiger partial charge in [-0.1, -0.05) is 39.0 Å². The van der Waals surface area contributed by atoms with E-state index in [0.29, 0.717) is 44.6 Å². The normalized spacial score (nSPS) is 44.5. The highest BCUT2D eigenvalue weighted by Gasteiger charge is 2.71. The summed E-state index contributed by atoms with van der Waals surface area (Å²) in [7, 11) is 0. The van der Waals surface area contributed by atoms with Crippen molar-refractivity contribution < 1.29 is 24.2 Å². The Balaban J connectivity index is 1.61. The van der Waals surface area contributed by atoms with Crippen LogP contribution in [0.4, 0.5) is 0 Å². The van der Waals surface area contributed by atoms with Gasteiger partial charge in [0.1, 0.15) is 12.7 Å². The van der Waals surface area contributed by atoms with Crippen molar-refractivity contribution in [1.82, 2.24) is 0 Å². The molecule has 34 heavy (non-hydrogen) atoms. The highest BCUT2D eigenvalue weighted by Crippen LogP contribution is 2.70. The first-order valence-electron chi connectivity index (χ1n) is 13.4. The van der Waals surface area contributed by atoms with Crippen LogP contribution in [0.3, 0.4) is 0 Å². The maximum Gasteiger partial charge on any atom is 0.331 e. The molecule has 5 aliphatic rings. The third-order valence-electron chi connectivity index (χ3n) is 10.6. The van der Waals surface area contributed by atoms with Gasteiger partial charge in [-0.15, -0.1) is 5.92 Å². The van der Waals surface area contributed by atoms with Gasteiger partial charge in [0.2, 0.25) is 0 Å². The van der Waals surface area contributed by atoms with E-state index in [0.717, 1.165) is 24.8 Å². The Hall–Kier alpha value is -1.80. The fraction of sp³-hybridized carbons (Fsp3) is 0.793. The number of carbonyl (C=O) groups is 2. The largest absolute Gasteiger partial charge is 0.462 e. The van der Waals surface area contributed by atoms with Crippen LogP contribution in [0.1, 0.15) is 97.8 Å². The molecular formula is C29H40O5. The average Bonchev–Trinajstić information content (AvgIpc) is 3.46. The molecule has 0 aromatic rings. The van der Waals surface area contributed by atoms with Crippen molar-refractivity contribution in [2.75, 3.05) is 6.61 Å². The van der Waals surface area contributed by atoms with Gasteiger partial charge in [0, 0.05) is 30.3 Å². The second-order valence-corrected chi connectivity index (χ2v) is 12.4.